The maximum atomic E-state index is 12.7. The van der Waals surface area contributed by atoms with E-state index in [2.05, 4.69) is 0 Å². The van der Waals surface area contributed by atoms with Crippen LogP contribution < -0.4 is 15.2 Å². The van der Waals surface area contributed by atoms with Crippen LogP contribution in [0.1, 0.15) is 45.6 Å². The molecule has 1 aromatic carbocycles. The molecule has 1 aromatic rings. The highest BCUT2D eigenvalue weighted by atomic mass is 35.5. The zero-order valence-electron chi connectivity index (χ0n) is 17.0. The Morgan fingerprint density at radius 2 is 1.93 bits per heavy atom. The van der Waals surface area contributed by atoms with Gasteiger partial charge in [0, 0.05) is 11.1 Å². The third kappa shape index (κ3) is 4.77. The van der Waals surface area contributed by atoms with Gasteiger partial charge in [-0.15, -0.1) is 0 Å². The molecule has 1 unspecified atom stereocenters. The molecule has 0 saturated heterocycles. The summed E-state index contributed by atoms with van der Waals surface area (Å²) in [6, 6.07) is 5.33. The van der Waals surface area contributed by atoms with Crippen LogP contribution in [0.4, 0.5) is 0 Å². The molecular weight excluding hydrogens is 396 g/mol. The molecule has 0 radical (unpaired) electrons. The monoisotopic (exact) mass is 420 g/mol. The molecule has 8 heteroatoms. The number of hydrogen-bond donors (Lipinski definition) is 1. The highest BCUT2D eigenvalue weighted by Crippen LogP contribution is 2.45. The Morgan fingerprint density at radius 1 is 1.24 bits per heavy atom. The van der Waals surface area contributed by atoms with Gasteiger partial charge in [0.15, 0.2) is 11.5 Å². The predicted molar refractivity (Wildman–Crippen MR) is 108 cm³/mol. The third-order valence-electron chi connectivity index (χ3n) is 4.24. The molecule has 1 heterocycles. The second-order valence-electron chi connectivity index (χ2n) is 6.22. The van der Waals surface area contributed by atoms with Crippen LogP contribution in [0.5, 0.6) is 11.5 Å². The first-order valence-corrected chi connectivity index (χ1v) is 9.81. The van der Waals surface area contributed by atoms with Crippen LogP contribution in [0.25, 0.3) is 0 Å². The van der Waals surface area contributed by atoms with Gasteiger partial charge in [-0.1, -0.05) is 18.5 Å². The smallest absolute Gasteiger partial charge is 0.338 e. The molecule has 1 aliphatic heterocycles. The number of benzene rings is 1. The maximum Gasteiger partial charge on any atom is 0.338 e. The molecule has 0 saturated carbocycles. The van der Waals surface area contributed by atoms with E-state index >= 15 is 0 Å². The summed E-state index contributed by atoms with van der Waals surface area (Å²) >= 11 is 6.55. The summed E-state index contributed by atoms with van der Waals surface area (Å²) in [6.45, 7) is 8.20. The standard InChI is InChI=1S/C21H25ClN2O5/c1-5-8-28-17-10-15(22)13(9-16(17)26-6-2)19-14(11-23)20(24)29-12(4)18(19)21(25)27-7-3/h9-10,19H,5-8,24H2,1-4H3. The van der Waals surface area contributed by atoms with E-state index in [4.69, 9.17) is 36.3 Å². The highest BCUT2D eigenvalue weighted by molar-refractivity contribution is 6.31. The second-order valence-corrected chi connectivity index (χ2v) is 6.62. The molecule has 0 spiro atoms. The molecule has 29 heavy (non-hydrogen) atoms. The fourth-order valence-electron chi connectivity index (χ4n) is 3.03. The summed E-state index contributed by atoms with van der Waals surface area (Å²) in [4.78, 5) is 12.7. The van der Waals surface area contributed by atoms with Gasteiger partial charge in [-0.05, 0) is 38.8 Å². The lowest BCUT2D eigenvalue weighted by Gasteiger charge is -2.28. The summed E-state index contributed by atoms with van der Waals surface area (Å²) in [5, 5.41) is 10.0. The number of nitrogens with two attached hydrogens (primary N) is 1. The maximum absolute atomic E-state index is 12.7. The molecule has 2 N–H and O–H groups in total. The number of nitrogens with zero attached hydrogens (tertiary/aromatic N) is 1. The Balaban J connectivity index is 2.68. The number of rotatable bonds is 8. The fraction of sp³-hybridized carbons (Fsp3) is 0.429. The molecule has 0 fully saturated rings. The number of halogens is 1. The number of carbonyl (C=O) groups excluding carboxylic acids is 1. The first-order valence-electron chi connectivity index (χ1n) is 9.43. The lowest BCUT2D eigenvalue weighted by molar-refractivity contribution is -0.139. The van der Waals surface area contributed by atoms with Crippen molar-refractivity contribution in [3.63, 3.8) is 0 Å². The molecular formula is C21H25ClN2O5. The van der Waals surface area contributed by atoms with Crippen molar-refractivity contribution < 1.29 is 23.7 Å². The number of hydrogen-bond acceptors (Lipinski definition) is 7. The van der Waals surface area contributed by atoms with Gasteiger partial charge in [-0.2, -0.15) is 5.26 Å². The Bertz CT molecular complexity index is 886. The quantitative estimate of drug-likeness (QED) is 0.629. The van der Waals surface area contributed by atoms with Crippen LogP contribution in [0.2, 0.25) is 5.02 Å². The summed E-state index contributed by atoms with van der Waals surface area (Å²) in [5.41, 5.74) is 6.66. The highest BCUT2D eigenvalue weighted by Gasteiger charge is 2.38. The van der Waals surface area contributed by atoms with Crippen LogP contribution in [0.15, 0.2) is 34.9 Å². The predicted octanol–water partition coefficient (Wildman–Crippen LogP) is 4.17. The topological polar surface area (TPSA) is 104 Å². The molecule has 2 rings (SSSR count). The van der Waals surface area contributed by atoms with E-state index in [9.17, 15) is 10.1 Å². The second kappa shape index (κ2) is 10.1. The lowest BCUT2D eigenvalue weighted by Crippen LogP contribution is -2.25. The Morgan fingerprint density at radius 3 is 2.52 bits per heavy atom. The minimum Gasteiger partial charge on any atom is -0.490 e. The Hall–Kier alpha value is -2.85. The van der Waals surface area contributed by atoms with E-state index in [0.717, 1.165) is 6.42 Å². The number of esters is 1. The lowest BCUT2D eigenvalue weighted by atomic mass is 9.83. The van der Waals surface area contributed by atoms with Crippen LogP contribution in [-0.4, -0.2) is 25.8 Å². The SMILES string of the molecule is CCCOc1cc(Cl)c(C2C(C#N)=C(N)OC(C)=C2C(=O)OCC)cc1OCC. The van der Waals surface area contributed by atoms with Crippen molar-refractivity contribution in [3.8, 4) is 17.6 Å². The van der Waals surface area contributed by atoms with E-state index in [1.54, 1.807) is 26.0 Å². The summed E-state index contributed by atoms with van der Waals surface area (Å²) < 4.78 is 22.0. The molecule has 0 aliphatic carbocycles. The van der Waals surface area contributed by atoms with Crippen molar-refractivity contribution in [2.45, 2.75) is 40.0 Å². The van der Waals surface area contributed by atoms with Crippen molar-refractivity contribution in [3.05, 3.63) is 45.5 Å². The normalized spacial score (nSPS) is 16.2. The van der Waals surface area contributed by atoms with E-state index in [-0.39, 0.29) is 29.4 Å². The van der Waals surface area contributed by atoms with E-state index in [1.165, 1.54) is 0 Å². The van der Waals surface area contributed by atoms with Crippen molar-refractivity contribution in [1.29, 1.82) is 5.26 Å². The number of ether oxygens (including phenoxy) is 4. The van der Waals surface area contributed by atoms with Gasteiger partial charge in [0.1, 0.15) is 17.4 Å². The fourth-order valence-corrected chi connectivity index (χ4v) is 3.29. The summed E-state index contributed by atoms with van der Waals surface area (Å²) in [6.07, 6.45) is 0.817. The van der Waals surface area contributed by atoms with Crippen LogP contribution in [0.3, 0.4) is 0 Å². The van der Waals surface area contributed by atoms with Crippen molar-refractivity contribution in [1.82, 2.24) is 0 Å². The first-order chi connectivity index (χ1) is 13.9. The molecule has 1 atom stereocenters. The molecule has 0 aromatic heterocycles. The van der Waals surface area contributed by atoms with Crippen molar-refractivity contribution in [2.75, 3.05) is 19.8 Å². The average molecular weight is 421 g/mol. The van der Waals surface area contributed by atoms with Gasteiger partial charge in [0.05, 0.1) is 31.3 Å². The van der Waals surface area contributed by atoms with E-state index < -0.39 is 11.9 Å². The van der Waals surface area contributed by atoms with Gasteiger partial charge >= 0.3 is 5.97 Å². The molecule has 156 valence electrons. The van der Waals surface area contributed by atoms with E-state index in [0.29, 0.717) is 35.3 Å². The number of nitriles is 1. The Labute approximate surface area is 175 Å². The zero-order chi connectivity index (χ0) is 21.6. The molecule has 1 aliphatic rings. The van der Waals surface area contributed by atoms with Gasteiger partial charge in [0.2, 0.25) is 5.88 Å². The Kier molecular flexibility index (Phi) is 7.80. The third-order valence-corrected chi connectivity index (χ3v) is 4.56. The van der Waals surface area contributed by atoms with Crippen molar-refractivity contribution >= 4 is 17.6 Å². The van der Waals surface area contributed by atoms with Gasteiger partial charge in [0.25, 0.3) is 0 Å². The van der Waals surface area contributed by atoms with Crippen LogP contribution in [-0.2, 0) is 14.3 Å². The minimum absolute atomic E-state index is 0.0743. The van der Waals surface area contributed by atoms with Crippen LogP contribution in [0, 0.1) is 11.3 Å². The van der Waals surface area contributed by atoms with Crippen LogP contribution >= 0.6 is 11.6 Å². The first kappa shape index (κ1) is 22.4. The number of carbonyl (C=O) groups is 1. The summed E-state index contributed by atoms with van der Waals surface area (Å²) in [7, 11) is 0. The average Bonchev–Trinajstić information content (AvgIpc) is 2.67. The molecule has 0 amide bonds. The largest absolute Gasteiger partial charge is 0.490 e. The summed E-state index contributed by atoms with van der Waals surface area (Å²) in [5.74, 6) is -0.323. The molecule has 0 bridgehead atoms. The minimum atomic E-state index is -0.847. The van der Waals surface area contributed by atoms with E-state index in [1.807, 2.05) is 19.9 Å². The van der Waals surface area contributed by atoms with Crippen molar-refractivity contribution in [2.24, 2.45) is 5.73 Å². The zero-order valence-corrected chi connectivity index (χ0v) is 17.8. The van der Waals surface area contributed by atoms with Gasteiger partial charge < -0.3 is 24.7 Å². The van der Waals surface area contributed by atoms with Gasteiger partial charge in [-0.3, -0.25) is 0 Å². The van der Waals surface area contributed by atoms with Gasteiger partial charge in [-0.25, -0.2) is 4.79 Å². The molecule has 7 nitrogen and oxygen atoms in total. The number of allylic oxidation sites excluding steroid dienone is 2.